The summed E-state index contributed by atoms with van der Waals surface area (Å²) in [4.78, 5) is 26.7. The molecule has 0 aliphatic rings. The number of amides is 2. The third-order valence-corrected chi connectivity index (χ3v) is 2.42. The number of carbonyl (C=O) groups excluding carboxylic acids is 2. The Morgan fingerprint density at radius 3 is 2.65 bits per heavy atom. The maximum Gasteiger partial charge on any atom is 0.247 e. The van der Waals surface area contributed by atoms with Crippen LogP contribution in [0.5, 0.6) is 0 Å². The van der Waals surface area contributed by atoms with E-state index in [1.54, 1.807) is 18.3 Å². The second kappa shape index (κ2) is 6.24. The average molecular weight is 253 g/mol. The first kappa shape index (κ1) is 13.5. The van der Waals surface area contributed by atoms with Crippen LogP contribution in [-0.4, -0.2) is 28.6 Å². The molecule has 1 atom stereocenters. The molecule has 0 aliphatic heterocycles. The van der Waals surface area contributed by atoms with Gasteiger partial charge < -0.3 is 10.6 Å². The molecule has 1 rings (SSSR count). The van der Waals surface area contributed by atoms with Gasteiger partial charge in [0, 0.05) is 18.4 Å². The van der Waals surface area contributed by atoms with Crippen molar-refractivity contribution in [3.63, 3.8) is 0 Å². The number of hydrogen-bond donors (Lipinski definition) is 3. The van der Waals surface area contributed by atoms with Crippen molar-refractivity contribution >= 4 is 30.1 Å². The number of anilines is 1. The lowest BCUT2D eigenvalue weighted by Gasteiger charge is -2.15. The fourth-order valence-corrected chi connectivity index (χ4v) is 1.47. The summed E-state index contributed by atoms with van der Waals surface area (Å²) >= 11 is 4.02. The standard InChI is InChI=1S/C11H15N3O2S/c1-7-3-4-9(5-12-7)14-11(16)10(6-17)13-8(2)15/h3-5,10,17H,6H2,1-2H3,(H,13,15)(H,14,16). The van der Waals surface area contributed by atoms with Gasteiger partial charge in [-0.05, 0) is 19.1 Å². The average Bonchev–Trinajstić information content (AvgIpc) is 2.28. The lowest BCUT2D eigenvalue weighted by atomic mass is 10.3. The molecule has 0 aromatic carbocycles. The molecular formula is C11H15N3O2S. The van der Waals surface area contributed by atoms with Crippen molar-refractivity contribution in [2.24, 2.45) is 0 Å². The highest BCUT2D eigenvalue weighted by atomic mass is 32.1. The van der Waals surface area contributed by atoms with Crippen LogP contribution < -0.4 is 10.6 Å². The van der Waals surface area contributed by atoms with Crippen LogP contribution in [0, 0.1) is 6.92 Å². The summed E-state index contributed by atoms with van der Waals surface area (Å²) in [5.74, 6) is -0.327. The SMILES string of the molecule is CC(=O)NC(CS)C(=O)Nc1ccc(C)nc1. The van der Waals surface area contributed by atoms with E-state index in [-0.39, 0.29) is 17.6 Å². The van der Waals surface area contributed by atoms with Gasteiger partial charge in [-0.1, -0.05) is 0 Å². The number of aromatic nitrogens is 1. The fraction of sp³-hybridized carbons (Fsp3) is 0.364. The molecule has 92 valence electrons. The second-order valence-electron chi connectivity index (χ2n) is 3.61. The normalized spacial score (nSPS) is 11.7. The molecule has 0 saturated heterocycles. The largest absolute Gasteiger partial charge is 0.344 e. The van der Waals surface area contributed by atoms with E-state index in [4.69, 9.17) is 0 Å². The van der Waals surface area contributed by atoms with Gasteiger partial charge in [0.15, 0.2) is 0 Å². The number of thiol groups is 1. The Morgan fingerprint density at radius 1 is 1.47 bits per heavy atom. The van der Waals surface area contributed by atoms with Gasteiger partial charge in [-0.15, -0.1) is 0 Å². The highest BCUT2D eigenvalue weighted by molar-refractivity contribution is 7.80. The topological polar surface area (TPSA) is 71.1 Å². The maximum absolute atomic E-state index is 11.8. The minimum absolute atomic E-state index is 0.241. The number of pyridine rings is 1. The van der Waals surface area contributed by atoms with Crippen molar-refractivity contribution in [2.75, 3.05) is 11.1 Å². The van der Waals surface area contributed by atoms with Crippen molar-refractivity contribution in [3.05, 3.63) is 24.0 Å². The van der Waals surface area contributed by atoms with Crippen LogP contribution in [0.3, 0.4) is 0 Å². The first-order valence-corrected chi connectivity index (χ1v) is 5.77. The monoisotopic (exact) mass is 253 g/mol. The zero-order valence-corrected chi connectivity index (χ0v) is 10.6. The van der Waals surface area contributed by atoms with Crippen molar-refractivity contribution in [3.8, 4) is 0 Å². The molecule has 2 amide bonds. The fourth-order valence-electron chi connectivity index (χ4n) is 1.21. The summed E-state index contributed by atoms with van der Waals surface area (Å²) < 4.78 is 0. The summed E-state index contributed by atoms with van der Waals surface area (Å²) in [7, 11) is 0. The summed E-state index contributed by atoms with van der Waals surface area (Å²) in [5.41, 5.74) is 1.47. The molecule has 6 heteroatoms. The smallest absolute Gasteiger partial charge is 0.247 e. The Bertz CT molecular complexity index is 406. The lowest BCUT2D eigenvalue weighted by molar-refractivity contribution is -0.124. The number of nitrogens with one attached hydrogen (secondary N) is 2. The molecule has 0 radical (unpaired) electrons. The van der Waals surface area contributed by atoms with Gasteiger partial charge >= 0.3 is 0 Å². The van der Waals surface area contributed by atoms with Gasteiger partial charge in [-0.3, -0.25) is 14.6 Å². The third-order valence-electron chi connectivity index (χ3n) is 2.06. The first-order chi connectivity index (χ1) is 8.02. The maximum atomic E-state index is 11.8. The number of hydrogen-bond acceptors (Lipinski definition) is 4. The molecule has 0 fully saturated rings. The van der Waals surface area contributed by atoms with E-state index in [0.29, 0.717) is 5.69 Å². The van der Waals surface area contributed by atoms with E-state index < -0.39 is 6.04 Å². The summed E-state index contributed by atoms with van der Waals surface area (Å²) in [6, 6.07) is 2.91. The van der Waals surface area contributed by atoms with Gasteiger partial charge in [0.1, 0.15) is 6.04 Å². The van der Waals surface area contributed by atoms with E-state index in [9.17, 15) is 9.59 Å². The Morgan fingerprint density at radius 2 is 2.18 bits per heavy atom. The highest BCUT2D eigenvalue weighted by Gasteiger charge is 2.17. The van der Waals surface area contributed by atoms with E-state index in [1.807, 2.05) is 6.92 Å². The number of carbonyl (C=O) groups is 2. The Kier molecular flexibility index (Phi) is 4.96. The molecule has 0 saturated carbocycles. The molecule has 17 heavy (non-hydrogen) atoms. The number of nitrogens with zero attached hydrogens (tertiary/aromatic N) is 1. The molecule has 0 aliphatic carbocycles. The number of rotatable bonds is 4. The lowest BCUT2D eigenvalue weighted by Crippen LogP contribution is -2.44. The van der Waals surface area contributed by atoms with E-state index in [2.05, 4.69) is 28.2 Å². The summed E-state index contributed by atoms with van der Waals surface area (Å²) in [6.45, 7) is 3.22. The summed E-state index contributed by atoms with van der Waals surface area (Å²) in [5, 5.41) is 5.17. The van der Waals surface area contributed by atoms with Crippen molar-refractivity contribution < 1.29 is 9.59 Å². The molecular weight excluding hydrogens is 238 g/mol. The Labute approximate surface area is 105 Å². The minimum Gasteiger partial charge on any atom is -0.344 e. The van der Waals surface area contributed by atoms with Crippen molar-refractivity contribution in [2.45, 2.75) is 19.9 Å². The van der Waals surface area contributed by atoms with Crippen LogP contribution in [0.15, 0.2) is 18.3 Å². The number of aryl methyl sites for hydroxylation is 1. The van der Waals surface area contributed by atoms with Crippen LogP contribution in [0.2, 0.25) is 0 Å². The van der Waals surface area contributed by atoms with Gasteiger partial charge in [0.2, 0.25) is 11.8 Å². The highest BCUT2D eigenvalue weighted by Crippen LogP contribution is 2.06. The molecule has 5 nitrogen and oxygen atoms in total. The van der Waals surface area contributed by atoms with Crippen LogP contribution in [0.1, 0.15) is 12.6 Å². The quantitative estimate of drug-likeness (QED) is 0.694. The second-order valence-corrected chi connectivity index (χ2v) is 3.98. The predicted octanol–water partition coefficient (Wildman–Crippen LogP) is 0.763. The minimum atomic E-state index is -0.642. The van der Waals surface area contributed by atoms with Crippen LogP contribution in [-0.2, 0) is 9.59 Å². The van der Waals surface area contributed by atoms with Crippen molar-refractivity contribution in [1.82, 2.24) is 10.3 Å². The van der Waals surface area contributed by atoms with Crippen LogP contribution in [0.25, 0.3) is 0 Å². The first-order valence-electron chi connectivity index (χ1n) is 5.14. The van der Waals surface area contributed by atoms with Gasteiger partial charge in [-0.25, -0.2) is 0 Å². The molecule has 1 heterocycles. The van der Waals surface area contributed by atoms with Gasteiger partial charge in [-0.2, -0.15) is 12.6 Å². The Balaban J connectivity index is 2.63. The molecule has 1 unspecified atom stereocenters. The molecule has 2 N–H and O–H groups in total. The zero-order chi connectivity index (χ0) is 12.8. The van der Waals surface area contributed by atoms with Gasteiger partial charge in [0.25, 0.3) is 0 Å². The third kappa shape index (κ3) is 4.44. The van der Waals surface area contributed by atoms with Crippen molar-refractivity contribution in [1.29, 1.82) is 0 Å². The molecule has 0 spiro atoms. The predicted molar refractivity (Wildman–Crippen MR) is 69.1 cm³/mol. The zero-order valence-electron chi connectivity index (χ0n) is 9.73. The molecule has 1 aromatic rings. The van der Waals surface area contributed by atoms with Crippen LogP contribution in [0.4, 0.5) is 5.69 Å². The molecule has 0 bridgehead atoms. The molecule has 1 aromatic heterocycles. The van der Waals surface area contributed by atoms with E-state index in [0.717, 1.165) is 5.69 Å². The summed E-state index contributed by atoms with van der Waals surface area (Å²) in [6.07, 6.45) is 1.57. The van der Waals surface area contributed by atoms with E-state index >= 15 is 0 Å². The van der Waals surface area contributed by atoms with Crippen LogP contribution >= 0.6 is 12.6 Å². The Hall–Kier alpha value is -1.56. The van der Waals surface area contributed by atoms with E-state index in [1.165, 1.54) is 6.92 Å². The van der Waals surface area contributed by atoms with Gasteiger partial charge in [0.05, 0.1) is 11.9 Å².